The molecule has 1 saturated heterocycles. The van der Waals surface area contributed by atoms with E-state index in [0.29, 0.717) is 12.1 Å². The maximum atomic E-state index is 9.10. The van der Waals surface area contributed by atoms with Gasteiger partial charge in [-0.1, -0.05) is 5.16 Å². The normalized spacial score (nSPS) is 22.7. The minimum absolute atomic E-state index is 0.441. The van der Waals surface area contributed by atoms with Crippen LogP contribution in [-0.2, 0) is 9.59 Å². The van der Waals surface area contributed by atoms with E-state index in [0.717, 1.165) is 11.5 Å². The summed E-state index contributed by atoms with van der Waals surface area (Å²) in [5, 5.41) is 18.7. The molecular formula is C12H18N2O5. The maximum Gasteiger partial charge on any atom is 0.414 e. The largest absolute Gasteiger partial charge is 0.473 e. The molecule has 0 aliphatic carbocycles. The van der Waals surface area contributed by atoms with E-state index in [1.165, 1.54) is 12.8 Å². The molecule has 7 heteroatoms. The molecule has 1 aromatic heterocycles. The topological polar surface area (TPSA) is 104 Å². The van der Waals surface area contributed by atoms with Gasteiger partial charge in [0.05, 0.1) is 11.7 Å². The Morgan fingerprint density at radius 2 is 1.95 bits per heavy atom. The minimum atomic E-state index is -1.82. The third-order valence-electron chi connectivity index (χ3n) is 3.20. The second-order valence-corrected chi connectivity index (χ2v) is 4.59. The van der Waals surface area contributed by atoms with Crippen LogP contribution in [0.1, 0.15) is 37.3 Å². The second kappa shape index (κ2) is 6.33. The van der Waals surface area contributed by atoms with E-state index >= 15 is 0 Å². The number of carboxylic acid groups (broad SMARTS) is 2. The average molecular weight is 270 g/mol. The lowest BCUT2D eigenvalue weighted by Crippen LogP contribution is -2.24. The van der Waals surface area contributed by atoms with Gasteiger partial charge in [-0.3, -0.25) is 4.90 Å². The highest BCUT2D eigenvalue weighted by molar-refractivity contribution is 6.27. The Morgan fingerprint density at radius 1 is 1.37 bits per heavy atom. The molecule has 1 aliphatic rings. The highest BCUT2D eigenvalue weighted by Gasteiger charge is 2.30. The first-order valence-electron chi connectivity index (χ1n) is 5.94. The number of nitrogens with zero attached hydrogens (tertiary/aromatic N) is 2. The third-order valence-corrected chi connectivity index (χ3v) is 3.20. The van der Waals surface area contributed by atoms with Crippen LogP contribution in [0.4, 0.5) is 0 Å². The van der Waals surface area contributed by atoms with E-state index in [4.69, 9.17) is 24.3 Å². The summed E-state index contributed by atoms with van der Waals surface area (Å²) in [6.45, 7) is 4.22. The van der Waals surface area contributed by atoms with Crippen molar-refractivity contribution in [1.29, 1.82) is 0 Å². The summed E-state index contributed by atoms with van der Waals surface area (Å²) in [5.41, 5.74) is 0.975. The van der Waals surface area contributed by atoms with Crippen LogP contribution in [0.2, 0.25) is 0 Å². The van der Waals surface area contributed by atoms with Crippen molar-refractivity contribution in [2.24, 2.45) is 0 Å². The first-order chi connectivity index (χ1) is 8.82. The zero-order valence-electron chi connectivity index (χ0n) is 11.2. The average Bonchev–Trinajstić information content (AvgIpc) is 2.88. The summed E-state index contributed by atoms with van der Waals surface area (Å²) < 4.78 is 5.28. The van der Waals surface area contributed by atoms with Crippen LogP contribution in [0.15, 0.2) is 10.6 Å². The number of carbonyl (C=O) groups is 2. The van der Waals surface area contributed by atoms with Gasteiger partial charge in [0.2, 0.25) is 0 Å². The Bertz CT molecular complexity index is 445. The molecule has 2 atom stereocenters. The Balaban J connectivity index is 0.000000258. The molecule has 0 amide bonds. The predicted octanol–water partition coefficient (Wildman–Crippen LogP) is 1.29. The van der Waals surface area contributed by atoms with Crippen molar-refractivity contribution in [2.75, 3.05) is 7.05 Å². The maximum absolute atomic E-state index is 9.10. The molecule has 19 heavy (non-hydrogen) atoms. The van der Waals surface area contributed by atoms with E-state index in [1.807, 2.05) is 13.0 Å². The zero-order valence-corrected chi connectivity index (χ0v) is 11.2. The van der Waals surface area contributed by atoms with Crippen LogP contribution in [0.5, 0.6) is 0 Å². The Labute approximate surface area is 110 Å². The number of hydrogen-bond donors (Lipinski definition) is 2. The summed E-state index contributed by atoms with van der Waals surface area (Å²) >= 11 is 0. The molecule has 7 nitrogen and oxygen atoms in total. The second-order valence-electron chi connectivity index (χ2n) is 4.59. The van der Waals surface area contributed by atoms with Crippen molar-refractivity contribution in [3.63, 3.8) is 0 Å². The van der Waals surface area contributed by atoms with Gasteiger partial charge in [0.1, 0.15) is 0 Å². The zero-order chi connectivity index (χ0) is 14.6. The summed E-state index contributed by atoms with van der Waals surface area (Å²) in [6.07, 6.45) is 2.44. The van der Waals surface area contributed by atoms with Crippen LogP contribution in [-0.4, -0.2) is 45.3 Å². The summed E-state index contributed by atoms with van der Waals surface area (Å²) in [5.74, 6) is -2.63. The number of aromatic nitrogens is 1. The predicted molar refractivity (Wildman–Crippen MR) is 65.7 cm³/mol. The first-order valence-corrected chi connectivity index (χ1v) is 5.94. The van der Waals surface area contributed by atoms with E-state index in [9.17, 15) is 0 Å². The standard InChI is InChI=1S/C10H16N2O.C2H2O4/c1-7-6-10(13-11-7)9-5-4-8(2)12(9)3;3-1(4)2(5)6/h6,8-9H,4-5H2,1-3H3;(H,3,4)(H,5,6)/t8-,9+;/m0./s1. The van der Waals surface area contributed by atoms with Crippen molar-refractivity contribution in [1.82, 2.24) is 10.1 Å². The minimum Gasteiger partial charge on any atom is -0.473 e. The van der Waals surface area contributed by atoms with E-state index < -0.39 is 11.9 Å². The number of likely N-dealkylation sites (tertiary alicyclic amines) is 1. The molecule has 1 fully saturated rings. The monoisotopic (exact) mass is 270 g/mol. The molecule has 106 valence electrons. The van der Waals surface area contributed by atoms with Crippen molar-refractivity contribution >= 4 is 11.9 Å². The lowest BCUT2D eigenvalue weighted by atomic mass is 10.1. The fourth-order valence-electron chi connectivity index (χ4n) is 2.00. The molecule has 0 saturated carbocycles. The smallest absolute Gasteiger partial charge is 0.414 e. The lowest BCUT2D eigenvalue weighted by molar-refractivity contribution is -0.159. The number of hydrogen-bond acceptors (Lipinski definition) is 5. The molecule has 0 radical (unpaired) electrons. The van der Waals surface area contributed by atoms with Crippen molar-refractivity contribution in [3.8, 4) is 0 Å². The van der Waals surface area contributed by atoms with Crippen molar-refractivity contribution < 1.29 is 24.3 Å². The number of carboxylic acids is 2. The first kappa shape index (κ1) is 15.2. The fraction of sp³-hybridized carbons (Fsp3) is 0.583. The van der Waals surface area contributed by atoms with Crippen molar-refractivity contribution in [2.45, 2.75) is 38.8 Å². The van der Waals surface area contributed by atoms with Gasteiger partial charge in [-0.2, -0.15) is 0 Å². The van der Waals surface area contributed by atoms with Crippen LogP contribution in [0.3, 0.4) is 0 Å². The molecule has 2 rings (SSSR count). The van der Waals surface area contributed by atoms with Gasteiger partial charge >= 0.3 is 11.9 Å². The molecule has 0 bridgehead atoms. The van der Waals surface area contributed by atoms with Crippen LogP contribution in [0, 0.1) is 6.92 Å². The molecule has 1 aliphatic heterocycles. The van der Waals surface area contributed by atoms with Gasteiger partial charge < -0.3 is 14.7 Å². The molecule has 2 N–H and O–H groups in total. The highest BCUT2D eigenvalue weighted by Crippen LogP contribution is 2.34. The number of aliphatic carboxylic acids is 2. The summed E-state index contributed by atoms with van der Waals surface area (Å²) in [6, 6.07) is 3.14. The quantitative estimate of drug-likeness (QED) is 0.741. The third kappa shape index (κ3) is 4.06. The van der Waals surface area contributed by atoms with Gasteiger partial charge in [-0.25, -0.2) is 9.59 Å². The summed E-state index contributed by atoms with van der Waals surface area (Å²) in [4.78, 5) is 20.6. The number of rotatable bonds is 1. The Morgan fingerprint density at radius 3 is 2.26 bits per heavy atom. The summed E-state index contributed by atoms with van der Waals surface area (Å²) in [7, 11) is 2.15. The van der Waals surface area contributed by atoms with E-state index in [2.05, 4.69) is 24.0 Å². The Hall–Kier alpha value is -1.89. The van der Waals surface area contributed by atoms with Crippen LogP contribution < -0.4 is 0 Å². The van der Waals surface area contributed by atoms with Gasteiger partial charge in [-0.05, 0) is 33.7 Å². The van der Waals surface area contributed by atoms with Gasteiger partial charge in [0.25, 0.3) is 0 Å². The van der Waals surface area contributed by atoms with Gasteiger partial charge in [0, 0.05) is 12.1 Å². The molecule has 0 aromatic carbocycles. The molecule has 0 unspecified atom stereocenters. The molecular weight excluding hydrogens is 252 g/mol. The SMILES string of the molecule is Cc1cc([C@H]2CC[C@H](C)N2C)on1.O=C(O)C(=O)O. The Kier molecular flexibility index (Phi) is 5.05. The molecule has 1 aromatic rings. The highest BCUT2D eigenvalue weighted by atomic mass is 16.5. The van der Waals surface area contributed by atoms with Crippen LogP contribution in [0.25, 0.3) is 0 Å². The lowest BCUT2D eigenvalue weighted by Gasteiger charge is -2.20. The van der Waals surface area contributed by atoms with Gasteiger partial charge in [0.15, 0.2) is 5.76 Å². The van der Waals surface area contributed by atoms with E-state index in [1.54, 1.807) is 0 Å². The number of aryl methyl sites for hydroxylation is 1. The van der Waals surface area contributed by atoms with Crippen molar-refractivity contribution in [3.05, 3.63) is 17.5 Å². The van der Waals surface area contributed by atoms with E-state index in [-0.39, 0.29) is 0 Å². The molecule has 2 heterocycles. The van der Waals surface area contributed by atoms with Crippen LogP contribution >= 0.6 is 0 Å². The fourth-order valence-corrected chi connectivity index (χ4v) is 2.00. The molecule has 0 spiro atoms. The van der Waals surface area contributed by atoms with Gasteiger partial charge in [-0.15, -0.1) is 0 Å².